The van der Waals surface area contributed by atoms with Crippen molar-refractivity contribution in [1.82, 2.24) is 30.0 Å². The van der Waals surface area contributed by atoms with Gasteiger partial charge in [0.15, 0.2) is 0 Å². The summed E-state index contributed by atoms with van der Waals surface area (Å²) in [7, 11) is 0. The molecule has 1 aliphatic carbocycles. The fraction of sp³-hybridized carbons (Fsp3) is 0.556. The fourth-order valence-electron chi connectivity index (χ4n) is 3.82. The second-order valence-electron chi connectivity index (χ2n) is 7.44. The van der Waals surface area contributed by atoms with E-state index in [-0.39, 0.29) is 6.03 Å². The van der Waals surface area contributed by atoms with Crippen molar-refractivity contribution in [2.24, 2.45) is 0 Å². The van der Waals surface area contributed by atoms with Crippen LogP contribution in [0.1, 0.15) is 42.7 Å². The average molecular weight is 353 g/mol. The summed E-state index contributed by atoms with van der Waals surface area (Å²) in [5.41, 5.74) is 1.98. The molecule has 2 aliphatic heterocycles. The molecule has 3 aliphatic rings. The molecule has 8 heteroatoms. The Morgan fingerprint density at radius 2 is 2.15 bits per heavy atom. The number of anilines is 1. The number of carbonyl (C=O) groups excluding carboxylic acids is 1. The van der Waals surface area contributed by atoms with E-state index in [4.69, 9.17) is 4.98 Å². The molecule has 0 aromatic carbocycles. The van der Waals surface area contributed by atoms with Gasteiger partial charge in [0.2, 0.25) is 0 Å². The number of likely N-dealkylation sites (tertiary alicyclic amines) is 1. The highest BCUT2D eigenvalue weighted by atomic mass is 16.2. The van der Waals surface area contributed by atoms with E-state index in [1.807, 2.05) is 23.1 Å². The van der Waals surface area contributed by atoms with Crippen LogP contribution in [0.3, 0.4) is 0 Å². The van der Waals surface area contributed by atoms with E-state index in [0.29, 0.717) is 25.0 Å². The molecule has 3 fully saturated rings. The Labute approximate surface area is 152 Å². The first-order valence-electron chi connectivity index (χ1n) is 9.40. The third kappa shape index (κ3) is 2.84. The van der Waals surface area contributed by atoms with Gasteiger partial charge < -0.3 is 5.32 Å². The van der Waals surface area contributed by atoms with Crippen molar-refractivity contribution < 1.29 is 4.79 Å². The van der Waals surface area contributed by atoms with Gasteiger partial charge in [0.1, 0.15) is 5.82 Å². The molecule has 2 saturated heterocycles. The van der Waals surface area contributed by atoms with Gasteiger partial charge >= 0.3 is 6.03 Å². The highest BCUT2D eigenvalue weighted by Crippen LogP contribution is 2.34. The zero-order chi connectivity index (χ0) is 17.5. The van der Waals surface area contributed by atoms with Crippen molar-refractivity contribution in [2.45, 2.75) is 37.8 Å². The van der Waals surface area contributed by atoms with Crippen LogP contribution in [0.2, 0.25) is 0 Å². The van der Waals surface area contributed by atoms with Crippen molar-refractivity contribution in [3.63, 3.8) is 0 Å². The molecule has 1 N–H and O–H groups in total. The summed E-state index contributed by atoms with van der Waals surface area (Å²) in [6, 6.07) is 2.35. The number of hydrogen-bond donors (Lipinski definition) is 1. The molecule has 0 unspecified atom stereocenters. The molecule has 2 aromatic heterocycles. The molecule has 4 heterocycles. The third-order valence-electron chi connectivity index (χ3n) is 5.66. The lowest BCUT2D eigenvalue weighted by Gasteiger charge is -2.39. The Hall–Kier alpha value is -2.48. The van der Waals surface area contributed by atoms with Gasteiger partial charge in [-0.05, 0) is 18.9 Å². The van der Waals surface area contributed by atoms with Crippen LogP contribution in [-0.4, -0.2) is 56.9 Å². The van der Waals surface area contributed by atoms with Crippen molar-refractivity contribution >= 4 is 11.7 Å². The van der Waals surface area contributed by atoms with Crippen LogP contribution in [0.15, 0.2) is 24.7 Å². The maximum absolute atomic E-state index is 11.8. The Kier molecular flexibility index (Phi) is 3.85. The normalized spacial score (nSPS) is 21.5. The number of nitrogens with zero attached hydrogens (tertiary/aromatic N) is 6. The number of nitrogens with one attached hydrogen (secondary N) is 1. The smallest absolute Gasteiger partial charge is 0.322 e. The molecule has 0 spiro atoms. The SMILES string of the molecule is O=C1NCCN1c1cnn(C2CN(Cc3ccnc(C4CCC4)n3)C2)c1. The fourth-order valence-corrected chi connectivity index (χ4v) is 3.82. The summed E-state index contributed by atoms with van der Waals surface area (Å²) in [6.07, 6.45) is 9.41. The molecule has 2 amide bonds. The minimum atomic E-state index is -0.0363. The Morgan fingerprint density at radius 1 is 1.27 bits per heavy atom. The Morgan fingerprint density at radius 3 is 2.88 bits per heavy atom. The Balaban J connectivity index is 1.18. The molecule has 2 aromatic rings. The zero-order valence-electron chi connectivity index (χ0n) is 14.7. The van der Waals surface area contributed by atoms with E-state index in [1.165, 1.54) is 19.3 Å². The minimum absolute atomic E-state index is 0.0363. The standard InChI is InChI=1S/C18H23N7O/c26-18-20-6-7-24(18)15-8-21-25(12-15)16-10-23(11-16)9-14-4-5-19-17(22-14)13-2-1-3-13/h4-5,8,12-13,16H,1-3,6-7,9-11H2,(H,20,26). The van der Waals surface area contributed by atoms with Crippen molar-refractivity contribution in [3.8, 4) is 0 Å². The van der Waals surface area contributed by atoms with Gasteiger partial charge in [0.25, 0.3) is 0 Å². The summed E-state index contributed by atoms with van der Waals surface area (Å²) in [5, 5.41) is 7.28. The van der Waals surface area contributed by atoms with E-state index < -0.39 is 0 Å². The lowest BCUT2D eigenvalue weighted by atomic mass is 9.85. The molecule has 0 bridgehead atoms. The van der Waals surface area contributed by atoms with Gasteiger partial charge in [-0.15, -0.1) is 0 Å². The molecular weight excluding hydrogens is 330 g/mol. The summed E-state index contributed by atoms with van der Waals surface area (Å²) in [5.74, 6) is 1.59. The number of hydrogen-bond acceptors (Lipinski definition) is 5. The van der Waals surface area contributed by atoms with Gasteiger partial charge in [-0.3, -0.25) is 14.5 Å². The highest BCUT2D eigenvalue weighted by Gasteiger charge is 2.31. The quantitative estimate of drug-likeness (QED) is 0.882. The zero-order valence-corrected chi connectivity index (χ0v) is 14.7. The van der Waals surface area contributed by atoms with E-state index in [0.717, 1.165) is 36.8 Å². The van der Waals surface area contributed by atoms with Crippen LogP contribution in [0.4, 0.5) is 10.5 Å². The van der Waals surface area contributed by atoms with Gasteiger partial charge in [-0.25, -0.2) is 14.8 Å². The second kappa shape index (κ2) is 6.35. The topological polar surface area (TPSA) is 79.2 Å². The van der Waals surface area contributed by atoms with Crippen LogP contribution in [0, 0.1) is 0 Å². The van der Waals surface area contributed by atoms with Crippen LogP contribution in [0.25, 0.3) is 0 Å². The summed E-state index contributed by atoms with van der Waals surface area (Å²) < 4.78 is 1.98. The van der Waals surface area contributed by atoms with Crippen LogP contribution < -0.4 is 10.2 Å². The van der Waals surface area contributed by atoms with E-state index in [9.17, 15) is 4.79 Å². The van der Waals surface area contributed by atoms with Crippen molar-refractivity contribution in [3.05, 3.63) is 36.2 Å². The van der Waals surface area contributed by atoms with Gasteiger partial charge in [-0.2, -0.15) is 5.10 Å². The number of aromatic nitrogens is 4. The summed E-state index contributed by atoms with van der Waals surface area (Å²) >= 11 is 0. The van der Waals surface area contributed by atoms with Crippen molar-refractivity contribution in [2.75, 3.05) is 31.1 Å². The van der Waals surface area contributed by atoms with E-state index >= 15 is 0 Å². The van der Waals surface area contributed by atoms with E-state index in [1.54, 1.807) is 11.1 Å². The monoisotopic (exact) mass is 353 g/mol. The lowest BCUT2D eigenvalue weighted by molar-refractivity contribution is 0.0894. The van der Waals surface area contributed by atoms with Crippen LogP contribution >= 0.6 is 0 Å². The third-order valence-corrected chi connectivity index (χ3v) is 5.66. The van der Waals surface area contributed by atoms with E-state index in [2.05, 4.69) is 20.3 Å². The highest BCUT2D eigenvalue weighted by molar-refractivity contribution is 5.93. The van der Waals surface area contributed by atoms with Gasteiger partial charge in [-0.1, -0.05) is 6.42 Å². The predicted octanol–water partition coefficient (Wildman–Crippen LogP) is 1.53. The molecule has 0 atom stereocenters. The minimum Gasteiger partial charge on any atom is -0.336 e. The molecular formula is C18H23N7O. The first-order chi connectivity index (χ1) is 12.8. The first kappa shape index (κ1) is 15.7. The number of amides is 2. The largest absolute Gasteiger partial charge is 0.336 e. The molecule has 136 valence electrons. The summed E-state index contributed by atoms with van der Waals surface area (Å²) in [6.45, 7) is 4.18. The Bertz CT molecular complexity index is 809. The van der Waals surface area contributed by atoms with Crippen molar-refractivity contribution in [1.29, 1.82) is 0 Å². The molecule has 8 nitrogen and oxygen atoms in total. The average Bonchev–Trinajstić information content (AvgIpc) is 3.18. The van der Waals surface area contributed by atoms with Crippen LogP contribution in [0.5, 0.6) is 0 Å². The first-order valence-corrected chi connectivity index (χ1v) is 9.40. The van der Waals surface area contributed by atoms with Gasteiger partial charge in [0.05, 0.1) is 23.6 Å². The maximum atomic E-state index is 11.8. The molecule has 1 saturated carbocycles. The number of carbonyl (C=O) groups is 1. The lowest BCUT2D eigenvalue weighted by Crippen LogP contribution is -2.47. The molecule has 5 rings (SSSR count). The second-order valence-corrected chi connectivity index (χ2v) is 7.44. The predicted molar refractivity (Wildman–Crippen MR) is 95.9 cm³/mol. The molecule has 26 heavy (non-hydrogen) atoms. The number of urea groups is 1. The summed E-state index contributed by atoms with van der Waals surface area (Å²) in [4.78, 5) is 25.1. The molecule has 0 radical (unpaired) electrons. The maximum Gasteiger partial charge on any atom is 0.322 e. The number of rotatable bonds is 5. The van der Waals surface area contributed by atoms with Gasteiger partial charge in [0, 0.05) is 51.0 Å². The van der Waals surface area contributed by atoms with Crippen LogP contribution in [-0.2, 0) is 6.54 Å².